The van der Waals surface area contributed by atoms with Crippen molar-refractivity contribution in [3.05, 3.63) is 75.8 Å². The molecule has 1 aliphatic heterocycles. The minimum atomic E-state index is -5.08. The summed E-state index contributed by atoms with van der Waals surface area (Å²) in [6.45, 7) is -0.633. The number of hydrogen-bond acceptors (Lipinski definition) is 2. The van der Waals surface area contributed by atoms with Gasteiger partial charge in [-0.1, -0.05) is 29.8 Å². The number of benzene rings is 2. The van der Waals surface area contributed by atoms with Gasteiger partial charge in [-0.15, -0.1) is 0 Å². The predicted molar refractivity (Wildman–Crippen MR) is 86.3 cm³/mol. The quantitative estimate of drug-likeness (QED) is 0.561. The van der Waals surface area contributed by atoms with Crippen molar-refractivity contribution in [2.24, 2.45) is 0 Å². The lowest BCUT2D eigenvalue weighted by Gasteiger charge is -2.16. The molecule has 27 heavy (non-hydrogen) atoms. The van der Waals surface area contributed by atoms with Crippen molar-refractivity contribution in [3.63, 3.8) is 0 Å². The number of rotatable bonds is 3. The molecule has 1 heterocycles. The summed E-state index contributed by atoms with van der Waals surface area (Å²) in [7, 11) is 0. The predicted octanol–water partition coefficient (Wildman–Crippen LogP) is 4.50. The van der Waals surface area contributed by atoms with E-state index in [4.69, 9.17) is 11.6 Å². The summed E-state index contributed by atoms with van der Waals surface area (Å²) in [6, 6.07) is 7.50. The van der Waals surface area contributed by atoms with Crippen LogP contribution in [0.5, 0.6) is 0 Å². The van der Waals surface area contributed by atoms with E-state index in [0.29, 0.717) is 11.0 Å². The van der Waals surface area contributed by atoms with E-state index in [1.165, 1.54) is 24.3 Å². The molecule has 0 aliphatic carbocycles. The Kier molecular flexibility index (Phi) is 4.77. The third-order valence-corrected chi connectivity index (χ3v) is 4.16. The molecule has 140 valence electrons. The molecular weight excluding hydrogens is 393 g/mol. The molecule has 1 aliphatic rings. The first-order valence-electron chi connectivity index (χ1n) is 7.47. The maximum absolute atomic E-state index is 13.4. The molecule has 2 aromatic carbocycles. The van der Waals surface area contributed by atoms with E-state index >= 15 is 0 Å². The summed E-state index contributed by atoms with van der Waals surface area (Å²) in [5, 5.41) is 0.239. The molecule has 0 saturated carbocycles. The van der Waals surface area contributed by atoms with Gasteiger partial charge in [0.2, 0.25) is 0 Å². The fraction of sp³-hybridized carbons (Fsp3) is 0.111. The lowest BCUT2D eigenvalue weighted by molar-refractivity contribution is -0.142. The van der Waals surface area contributed by atoms with Crippen molar-refractivity contribution in [1.82, 2.24) is 4.90 Å². The number of nitrogens with zero attached hydrogens (tertiary/aromatic N) is 1. The highest BCUT2D eigenvalue weighted by Gasteiger charge is 2.51. The fourth-order valence-electron chi connectivity index (χ4n) is 2.69. The van der Waals surface area contributed by atoms with Crippen LogP contribution in [-0.2, 0) is 16.1 Å². The van der Waals surface area contributed by atoms with Crippen LogP contribution in [0.3, 0.4) is 0 Å². The molecule has 9 heteroatoms. The van der Waals surface area contributed by atoms with Gasteiger partial charge >= 0.3 is 6.18 Å². The molecule has 2 amide bonds. The van der Waals surface area contributed by atoms with Crippen LogP contribution >= 0.6 is 11.6 Å². The van der Waals surface area contributed by atoms with Crippen LogP contribution in [0, 0.1) is 11.6 Å². The fourth-order valence-corrected chi connectivity index (χ4v) is 2.81. The Morgan fingerprint density at radius 1 is 0.889 bits per heavy atom. The molecule has 0 fully saturated rings. The summed E-state index contributed by atoms with van der Waals surface area (Å²) in [5.41, 5.74) is -2.59. The van der Waals surface area contributed by atoms with E-state index < -0.39 is 47.3 Å². The second-order valence-electron chi connectivity index (χ2n) is 5.70. The molecule has 0 radical (unpaired) electrons. The summed E-state index contributed by atoms with van der Waals surface area (Å²) in [4.78, 5) is 25.2. The van der Waals surface area contributed by atoms with Gasteiger partial charge < -0.3 is 0 Å². The van der Waals surface area contributed by atoms with Crippen LogP contribution in [-0.4, -0.2) is 22.9 Å². The van der Waals surface area contributed by atoms with Gasteiger partial charge in [0.25, 0.3) is 11.8 Å². The molecule has 0 N–H and O–H groups in total. The zero-order valence-electron chi connectivity index (χ0n) is 13.3. The maximum Gasteiger partial charge on any atom is 0.422 e. The molecule has 0 spiro atoms. The first-order valence-corrected chi connectivity index (χ1v) is 7.85. The Bertz CT molecular complexity index is 967. The topological polar surface area (TPSA) is 37.4 Å². The van der Waals surface area contributed by atoms with E-state index in [1.54, 1.807) is 0 Å². The highest BCUT2D eigenvalue weighted by Crippen LogP contribution is 2.40. The van der Waals surface area contributed by atoms with Crippen LogP contribution in [0.25, 0.3) is 5.57 Å². The normalized spacial score (nSPS) is 15.1. The standard InChI is InChI=1S/C18H9ClF5NO2/c19-11-4-2-10(3-5-11)14-15(18(22,23)24)17(27)25(16(14)26)8-9-1-6-12(20)13(21)7-9/h1-7H,8H2. The Balaban J connectivity index is 2.03. The van der Waals surface area contributed by atoms with E-state index in [0.717, 1.165) is 12.1 Å². The third kappa shape index (κ3) is 3.57. The van der Waals surface area contributed by atoms with Crippen molar-refractivity contribution in [1.29, 1.82) is 0 Å². The van der Waals surface area contributed by atoms with E-state index in [2.05, 4.69) is 0 Å². The molecule has 0 atom stereocenters. The van der Waals surface area contributed by atoms with Crippen LogP contribution in [0.1, 0.15) is 11.1 Å². The first kappa shape index (κ1) is 19.0. The minimum absolute atomic E-state index is 0.0329. The average Bonchev–Trinajstić information content (AvgIpc) is 2.83. The monoisotopic (exact) mass is 401 g/mol. The lowest BCUT2D eigenvalue weighted by atomic mass is 10.0. The van der Waals surface area contributed by atoms with Gasteiger partial charge in [-0.3, -0.25) is 14.5 Å². The van der Waals surface area contributed by atoms with Gasteiger partial charge in [0.05, 0.1) is 12.1 Å². The highest BCUT2D eigenvalue weighted by atomic mass is 35.5. The zero-order chi connectivity index (χ0) is 19.9. The van der Waals surface area contributed by atoms with Crippen LogP contribution in [0.2, 0.25) is 5.02 Å². The molecule has 3 nitrogen and oxygen atoms in total. The Labute approximate surface area is 154 Å². The Hall–Kier alpha value is -2.74. The van der Waals surface area contributed by atoms with Gasteiger partial charge in [-0.2, -0.15) is 13.2 Å². The lowest BCUT2D eigenvalue weighted by Crippen LogP contribution is -2.33. The number of hydrogen-bond donors (Lipinski definition) is 0. The first-order chi connectivity index (χ1) is 12.6. The SMILES string of the molecule is O=C1C(c2ccc(Cl)cc2)=C(C(F)(F)F)C(=O)N1Cc1ccc(F)c(F)c1. The van der Waals surface area contributed by atoms with Gasteiger partial charge in [0.15, 0.2) is 11.6 Å². The molecular formula is C18H9ClF5NO2. The smallest absolute Gasteiger partial charge is 0.270 e. The van der Waals surface area contributed by atoms with Crippen LogP contribution in [0.4, 0.5) is 22.0 Å². The molecule has 2 aromatic rings. The number of carbonyl (C=O) groups excluding carboxylic acids is 2. The number of alkyl halides is 3. The van der Waals surface area contributed by atoms with Crippen molar-refractivity contribution in [2.75, 3.05) is 0 Å². The van der Waals surface area contributed by atoms with E-state index in [9.17, 15) is 31.5 Å². The number of amides is 2. The molecule has 0 bridgehead atoms. The largest absolute Gasteiger partial charge is 0.422 e. The van der Waals surface area contributed by atoms with Crippen molar-refractivity contribution >= 4 is 29.0 Å². The molecule has 3 rings (SSSR count). The van der Waals surface area contributed by atoms with Gasteiger partial charge in [-0.25, -0.2) is 8.78 Å². The van der Waals surface area contributed by atoms with Crippen LogP contribution in [0.15, 0.2) is 48.0 Å². The Morgan fingerprint density at radius 3 is 2.07 bits per heavy atom. The molecule has 0 aromatic heterocycles. The second-order valence-corrected chi connectivity index (χ2v) is 6.14. The average molecular weight is 402 g/mol. The second kappa shape index (κ2) is 6.77. The zero-order valence-corrected chi connectivity index (χ0v) is 14.0. The number of halogens is 6. The van der Waals surface area contributed by atoms with Crippen molar-refractivity contribution < 1.29 is 31.5 Å². The highest BCUT2D eigenvalue weighted by molar-refractivity contribution is 6.36. The molecule has 0 saturated heterocycles. The van der Waals surface area contributed by atoms with Crippen molar-refractivity contribution in [2.45, 2.75) is 12.7 Å². The number of imide groups is 1. The van der Waals surface area contributed by atoms with E-state index in [-0.39, 0.29) is 16.1 Å². The summed E-state index contributed by atoms with van der Waals surface area (Å²) >= 11 is 5.71. The summed E-state index contributed by atoms with van der Waals surface area (Å²) < 4.78 is 66.6. The van der Waals surface area contributed by atoms with E-state index in [1.807, 2.05) is 0 Å². The third-order valence-electron chi connectivity index (χ3n) is 3.91. The van der Waals surface area contributed by atoms with Gasteiger partial charge in [0.1, 0.15) is 5.57 Å². The van der Waals surface area contributed by atoms with Crippen molar-refractivity contribution in [3.8, 4) is 0 Å². The van der Waals surface area contributed by atoms with Crippen LogP contribution < -0.4 is 0 Å². The van der Waals surface area contributed by atoms with Gasteiger partial charge in [0, 0.05) is 5.02 Å². The maximum atomic E-state index is 13.4. The van der Waals surface area contributed by atoms with Gasteiger partial charge in [-0.05, 0) is 35.4 Å². The Morgan fingerprint density at radius 2 is 1.52 bits per heavy atom. The minimum Gasteiger partial charge on any atom is -0.270 e. The molecule has 0 unspecified atom stereocenters. The number of carbonyl (C=O) groups is 2. The summed E-state index contributed by atoms with van der Waals surface area (Å²) in [6.07, 6.45) is -5.08. The summed E-state index contributed by atoms with van der Waals surface area (Å²) in [5.74, 6) is -5.14.